The lowest BCUT2D eigenvalue weighted by atomic mass is 9.98. The first-order valence-electron chi connectivity index (χ1n) is 38.2. The number of alkyl halides is 1. The summed E-state index contributed by atoms with van der Waals surface area (Å²) < 4.78 is 114. The van der Waals surface area contributed by atoms with Gasteiger partial charge in [0.25, 0.3) is 20.2 Å². The zero-order chi connectivity index (χ0) is 85.4. The van der Waals surface area contributed by atoms with Crippen molar-refractivity contribution < 1.29 is 71.0 Å². The fraction of sp³-hybridized carbons (Fsp3) is 0.363. The molecule has 3 unspecified atom stereocenters. The summed E-state index contributed by atoms with van der Waals surface area (Å²) in [4.78, 5) is 40.5. The van der Waals surface area contributed by atoms with Crippen LogP contribution in [-0.4, -0.2) is 105 Å². The molecular weight excluding hydrogens is 1550 g/mol. The van der Waals surface area contributed by atoms with Crippen LogP contribution in [0.1, 0.15) is 175 Å². The predicted octanol–water partition coefficient (Wildman–Crippen LogP) is 18.6. The molecule has 0 aliphatic carbocycles. The number of halogens is 1. The number of nitrogens with zero attached hydrogens (tertiary/aromatic N) is 1. The Morgan fingerprint density at radius 3 is 1.04 bits per heavy atom. The van der Waals surface area contributed by atoms with Crippen LogP contribution in [0, 0.1) is 13.8 Å². The van der Waals surface area contributed by atoms with Crippen LogP contribution in [0.5, 0.6) is 0 Å². The molecule has 19 nitrogen and oxygen atoms in total. The molecule has 0 saturated heterocycles. The normalized spacial score (nSPS) is 12.6. The Morgan fingerprint density at radius 2 is 0.704 bits per heavy atom. The molecule has 620 valence electrons. The fourth-order valence-corrected chi connectivity index (χ4v) is 16.2. The van der Waals surface area contributed by atoms with Crippen LogP contribution in [0.2, 0.25) is 0 Å². The zero-order valence-corrected chi connectivity index (χ0v) is 72.9. The number of aliphatic carboxylic acids is 1. The van der Waals surface area contributed by atoms with Crippen LogP contribution in [-0.2, 0) is 120 Å². The van der Waals surface area contributed by atoms with Gasteiger partial charge in [-0.1, -0.05) is 268 Å². The summed E-state index contributed by atoms with van der Waals surface area (Å²) >= 11 is 5.58. The molecule has 3 N–H and O–H groups in total. The van der Waals surface area contributed by atoms with Crippen molar-refractivity contribution in [2.45, 2.75) is 186 Å². The second-order valence-electron chi connectivity index (χ2n) is 29.5. The summed E-state index contributed by atoms with van der Waals surface area (Å²) in [5, 5.41) is 14.6. The van der Waals surface area contributed by atoms with Gasteiger partial charge in [-0.15, -0.1) is 11.6 Å². The minimum absolute atomic E-state index is 0.0256. The van der Waals surface area contributed by atoms with E-state index in [0.29, 0.717) is 29.0 Å². The molecule has 9 aromatic rings. The van der Waals surface area contributed by atoms with Gasteiger partial charge in [0.1, 0.15) is 28.7 Å². The summed E-state index contributed by atoms with van der Waals surface area (Å²) in [7, 11) is -13.8. The number of ether oxygens (including phenoxy) is 2. The zero-order valence-electron chi connectivity index (χ0n) is 68.9. The Bertz CT molecular complexity index is 4960. The predicted molar refractivity (Wildman–Crippen MR) is 463 cm³/mol. The quantitative estimate of drug-likeness (QED) is 0.0207. The maximum atomic E-state index is 12.5. The monoisotopic (exact) mass is 1670 g/mol. The highest BCUT2D eigenvalue weighted by Gasteiger charge is 2.39. The topological polar surface area (TPSA) is 281 Å². The van der Waals surface area contributed by atoms with Gasteiger partial charge >= 0.3 is 18.2 Å². The maximum absolute atomic E-state index is 12.5. The molecule has 0 aliphatic heterocycles. The third-order valence-electron chi connectivity index (χ3n) is 19.4. The van der Waals surface area contributed by atoms with Crippen molar-refractivity contribution in [1.29, 1.82) is 0 Å². The van der Waals surface area contributed by atoms with Crippen molar-refractivity contribution in [2.75, 3.05) is 24.7 Å². The molecule has 24 heteroatoms. The summed E-state index contributed by atoms with van der Waals surface area (Å²) in [5.41, 5.74) is 14.1. The molecule has 0 radical (unpaired) electrons. The van der Waals surface area contributed by atoms with Crippen molar-refractivity contribution in [3.05, 3.63) is 321 Å². The van der Waals surface area contributed by atoms with Crippen molar-refractivity contribution in [3.8, 4) is 0 Å². The minimum Gasteiger partial charge on any atom is -0.480 e. The van der Waals surface area contributed by atoms with E-state index in [1.54, 1.807) is 119 Å². The van der Waals surface area contributed by atoms with Gasteiger partial charge in [0.05, 0.1) is 34.5 Å². The van der Waals surface area contributed by atoms with Crippen molar-refractivity contribution in [2.24, 2.45) is 4.99 Å². The van der Waals surface area contributed by atoms with Crippen molar-refractivity contribution >= 4 is 75.4 Å². The second-order valence-corrected chi connectivity index (χ2v) is 39.8. The van der Waals surface area contributed by atoms with Crippen LogP contribution < -0.4 is 10.6 Å². The Hall–Kier alpha value is -9.33. The highest BCUT2D eigenvalue weighted by atomic mass is 35.5. The van der Waals surface area contributed by atoms with Crippen LogP contribution in [0.4, 0.5) is 9.59 Å². The molecule has 0 spiro atoms. The number of nitrogens with one attached hydrogen (secondary N) is 2. The molecule has 9 rings (SSSR count). The number of hydrogen-bond acceptors (Lipinski definition) is 16. The fourth-order valence-electron chi connectivity index (χ4n) is 11.6. The van der Waals surface area contributed by atoms with Gasteiger partial charge in [-0.25, -0.2) is 31.2 Å². The van der Waals surface area contributed by atoms with Crippen molar-refractivity contribution in [1.82, 2.24) is 10.6 Å². The summed E-state index contributed by atoms with van der Waals surface area (Å²) in [6.07, 6.45) is 0.141. The highest BCUT2D eigenvalue weighted by molar-refractivity contribution is 7.92. The lowest BCUT2D eigenvalue weighted by molar-refractivity contribution is -0.139. The number of benzene rings is 9. The number of hydrogen-bond donors (Lipinski definition) is 3. The van der Waals surface area contributed by atoms with E-state index in [4.69, 9.17) is 34.4 Å². The SMILES string of the molecule is CCOS(=O)(=O)C(C)(C)c1ccc(C)cc1.CCOS(=O)(=O)C(C)(C)c1ccc(CC(C)N=C(c2ccccc2)c2ccccc2)cc1.CCS(=O)(=O)C(C)(C)c1ccc(CC(C)NC(=O)OCc2ccccc2)cc1.CCS(=O)(=O)C(C)(C)c1ccc(CC(NC(=O)OCc2ccccc2)C(=O)O)cc1.Cc1ccc(CCl)cc1. The highest BCUT2D eigenvalue weighted by Crippen LogP contribution is 2.35. The smallest absolute Gasteiger partial charge is 0.408 e. The lowest BCUT2D eigenvalue weighted by Crippen LogP contribution is -2.42. The summed E-state index contributed by atoms with van der Waals surface area (Å²) in [5.74, 6) is -0.448. The number of carboxylic acid groups (broad SMARTS) is 1. The van der Waals surface area contributed by atoms with Crippen molar-refractivity contribution in [3.63, 3.8) is 0 Å². The Labute approximate surface area is 688 Å². The first-order valence-corrected chi connectivity index (χ1v) is 44.8. The molecule has 0 aliphatic rings. The Balaban J connectivity index is 0.000000269. The van der Waals surface area contributed by atoms with E-state index in [1.807, 2.05) is 184 Å². The molecule has 0 saturated carbocycles. The largest absolute Gasteiger partial charge is 0.480 e. The van der Waals surface area contributed by atoms with Gasteiger partial charge in [-0.3, -0.25) is 13.4 Å². The lowest BCUT2D eigenvalue weighted by Gasteiger charge is -2.25. The number of carbonyl (C=O) groups excluding carboxylic acids is 2. The molecule has 115 heavy (non-hydrogen) atoms. The Morgan fingerprint density at radius 1 is 0.400 bits per heavy atom. The number of alkyl carbamates (subject to hydrolysis) is 2. The number of carbonyl (C=O) groups is 3. The first kappa shape index (κ1) is 96.3. The first-order chi connectivity index (χ1) is 54.1. The molecule has 0 bridgehead atoms. The maximum Gasteiger partial charge on any atom is 0.408 e. The van der Waals surface area contributed by atoms with E-state index in [1.165, 1.54) is 11.1 Å². The van der Waals surface area contributed by atoms with Crippen LogP contribution in [0.25, 0.3) is 0 Å². The standard InChI is InChI=1S/C27H31NO3S.C22H27NO6S.C22H29NO4S.C12H18O3S.C8H9Cl/c1-5-31-32(29,30)27(3,4)25-18-16-22(17-19-25)20-21(2)28-26(23-12-8-6-9-13-23)24-14-10-7-11-15-24;1-4-30(27,28)22(2,3)18-12-10-16(11-13-18)14-19(20(24)25)23-21(26)29-15-17-8-6-5-7-9-17;1-5-28(25,26)22(3,4)20-13-11-18(12-14-20)15-17(2)23-21(24)27-16-19-9-7-6-8-10-19;1-5-15-16(13,14)12(3,4)11-8-6-10(2)7-9-11;1-7-2-4-8(6-9)5-3-7/h6-19,21H,5,20H2,1-4H3;5-13,19H,4,14-15H2,1-3H3,(H,23,26)(H,24,25);6-14,17H,5,15-16H2,1-4H3,(H,23,24);6-9H,5H2,1-4H3;2-5H,6H2,1H3. The van der Waals surface area contributed by atoms with Gasteiger partial charge < -0.3 is 25.2 Å². The average molecular weight is 1670 g/mol. The third kappa shape index (κ3) is 29.1. The molecular formula is C91H114ClN3O16S4. The average Bonchev–Trinajstić information content (AvgIpc) is 0.814. The molecule has 0 heterocycles. The number of amides is 2. The van der Waals surface area contributed by atoms with Gasteiger partial charge in [0, 0.05) is 41.0 Å². The van der Waals surface area contributed by atoms with Gasteiger partial charge in [0.15, 0.2) is 19.7 Å². The summed E-state index contributed by atoms with van der Waals surface area (Å²) in [6, 6.07) is 75.4. The van der Waals surface area contributed by atoms with E-state index < -0.39 is 83.1 Å². The third-order valence-corrected chi connectivity index (χ3v) is 28.9. The molecule has 0 fully saturated rings. The number of sulfone groups is 2. The van der Waals surface area contributed by atoms with Gasteiger partial charge in [-0.05, 0) is 165 Å². The van der Waals surface area contributed by atoms with Crippen LogP contribution >= 0.6 is 11.6 Å². The van der Waals surface area contributed by atoms with Gasteiger partial charge in [0.2, 0.25) is 0 Å². The van der Waals surface area contributed by atoms with E-state index in [9.17, 15) is 53.2 Å². The van der Waals surface area contributed by atoms with E-state index in [0.717, 1.165) is 62.2 Å². The van der Waals surface area contributed by atoms with E-state index >= 15 is 0 Å². The molecule has 0 aromatic heterocycles. The molecule has 9 aromatic carbocycles. The number of aliphatic imine (C=N–C) groups is 1. The number of carboxylic acids is 1. The Kier molecular flexibility index (Phi) is 37.4. The molecule has 3 atom stereocenters. The minimum atomic E-state index is -3.70. The van der Waals surface area contributed by atoms with E-state index in [-0.39, 0.29) is 56.4 Å². The summed E-state index contributed by atoms with van der Waals surface area (Å²) in [6.45, 7) is 28.6. The number of aryl methyl sites for hydroxylation is 2. The van der Waals surface area contributed by atoms with Gasteiger partial charge in [-0.2, -0.15) is 16.8 Å². The second kappa shape index (κ2) is 44.7. The van der Waals surface area contributed by atoms with E-state index in [2.05, 4.69) is 60.9 Å². The van der Waals surface area contributed by atoms with Crippen LogP contribution in [0.3, 0.4) is 0 Å². The molecule has 2 amide bonds. The number of rotatable bonds is 31. The van der Waals surface area contributed by atoms with Crippen LogP contribution in [0.15, 0.2) is 248 Å².